The first-order valence-corrected chi connectivity index (χ1v) is 7.48. The van der Waals surface area contributed by atoms with Gasteiger partial charge in [0.25, 0.3) is 0 Å². The molecule has 0 aliphatic heterocycles. The molecule has 0 bridgehead atoms. The third-order valence-electron chi connectivity index (χ3n) is 2.76. The SMILES string of the molecule is O=C(O)CC(=O)O.[Li][CH2]CCCCCCCCCC. The Morgan fingerprint density at radius 2 is 1.16 bits per heavy atom. The summed E-state index contributed by atoms with van der Waals surface area (Å²) >= 11 is 2.28. The van der Waals surface area contributed by atoms with Gasteiger partial charge in [0.2, 0.25) is 0 Å². The van der Waals surface area contributed by atoms with Crippen LogP contribution in [-0.2, 0) is 9.59 Å². The van der Waals surface area contributed by atoms with Crippen LogP contribution in [0.5, 0.6) is 0 Å². The first-order chi connectivity index (χ1) is 9.04. The maximum atomic E-state index is 9.43. The third-order valence-corrected chi connectivity index (χ3v) is 2.76. The van der Waals surface area contributed by atoms with Crippen molar-refractivity contribution in [2.45, 2.75) is 76.2 Å². The molecule has 108 valence electrons. The number of aliphatic carboxylic acids is 2. The molecule has 0 fully saturated rings. The second-order valence-corrected chi connectivity index (χ2v) is 4.79. The van der Waals surface area contributed by atoms with Crippen LogP contribution in [0.3, 0.4) is 0 Å². The molecule has 0 saturated carbocycles. The van der Waals surface area contributed by atoms with Crippen LogP contribution in [0.15, 0.2) is 0 Å². The normalized spacial score (nSPS) is 9.63. The molecule has 5 heteroatoms. The minimum absolute atomic E-state index is 0.806. The molecule has 0 unspecified atom stereocenters. The van der Waals surface area contributed by atoms with E-state index in [1.165, 1.54) is 62.9 Å². The van der Waals surface area contributed by atoms with Crippen molar-refractivity contribution >= 4 is 29.7 Å². The van der Waals surface area contributed by atoms with Gasteiger partial charge in [0.15, 0.2) is 0 Å². The number of hydrogen-bond acceptors (Lipinski definition) is 2. The van der Waals surface area contributed by atoms with E-state index in [0.29, 0.717) is 0 Å². The van der Waals surface area contributed by atoms with Gasteiger partial charge < -0.3 is 10.2 Å². The molecule has 0 aliphatic rings. The van der Waals surface area contributed by atoms with E-state index in [-0.39, 0.29) is 0 Å². The summed E-state index contributed by atoms with van der Waals surface area (Å²) in [6.07, 6.45) is 12.3. The van der Waals surface area contributed by atoms with Gasteiger partial charge in [-0.2, -0.15) is 0 Å². The molecule has 0 rings (SSSR count). The number of hydrogen-bond donors (Lipinski definition) is 2. The van der Waals surface area contributed by atoms with Crippen LogP contribution in [0.25, 0.3) is 0 Å². The molecule has 0 amide bonds. The Balaban J connectivity index is 0. The molecular weight excluding hydrogens is 239 g/mol. The summed E-state index contributed by atoms with van der Waals surface area (Å²) < 4.78 is 0. The summed E-state index contributed by atoms with van der Waals surface area (Å²) in [5.74, 6) is -2.62. The molecular formula is C14H27LiO4. The summed E-state index contributed by atoms with van der Waals surface area (Å²) in [6, 6.07) is 0. The molecule has 0 spiro atoms. The summed E-state index contributed by atoms with van der Waals surface area (Å²) in [4.78, 5) is 18.9. The van der Waals surface area contributed by atoms with Crippen molar-refractivity contribution in [1.82, 2.24) is 0 Å². The zero-order valence-corrected chi connectivity index (χ0v) is 12.5. The Labute approximate surface area is 126 Å². The van der Waals surface area contributed by atoms with Gasteiger partial charge in [-0.05, 0) is 0 Å². The van der Waals surface area contributed by atoms with Crippen LogP contribution < -0.4 is 0 Å². The van der Waals surface area contributed by atoms with Crippen LogP contribution in [0.4, 0.5) is 0 Å². The van der Waals surface area contributed by atoms with Gasteiger partial charge in [-0.3, -0.25) is 9.59 Å². The molecule has 0 aromatic heterocycles. The predicted octanol–water partition coefficient (Wildman–Crippen LogP) is 3.65. The Bertz CT molecular complexity index is 197. The van der Waals surface area contributed by atoms with E-state index in [1.807, 2.05) is 0 Å². The van der Waals surface area contributed by atoms with E-state index in [4.69, 9.17) is 10.2 Å². The fourth-order valence-electron chi connectivity index (χ4n) is 1.69. The quantitative estimate of drug-likeness (QED) is 0.340. The van der Waals surface area contributed by atoms with Gasteiger partial charge in [0.1, 0.15) is 6.42 Å². The summed E-state index contributed by atoms with van der Waals surface area (Å²) in [5, 5.41) is 16.8. The van der Waals surface area contributed by atoms with Crippen LogP contribution in [0.2, 0.25) is 5.09 Å². The Morgan fingerprint density at radius 3 is 1.42 bits per heavy atom. The van der Waals surface area contributed by atoms with E-state index in [2.05, 4.69) is 24.6 Å². The van der Waals surface area contributed by atoms with E-state index >= 15 is 0 Å². The van der Waals surface area contributed by atoms with E-state index in [9.17, 15) is 9.59 Å². The van der Waals surface area contributed by atoms with Crippen LogP contribution in [0.1, 0.15) is 71.1 Å². The zero-order valence-electron chi connectivity index (χ0n) is 12.5. The van der Waals surface area contributed by atoms with Crippen molar-refractivity contribution in [2.24, 2.45) is 0 Å². The molecule has 0 aromatic carbocycles. The van der Waals surface area contributed by atoms with Crippen molar-refractivity contribution in [3.63, 3.8) is 0 Å². The topological polar surface area (TPSA) is 74.6 Å². The number of carbonyl (C=O) groups is 2. The van der Waals surface area contributed by atoms with Gasteiger partial charge in [-0.1, -0.05) is 0 Å². The van der Waals surface area contributed by atoms with Gasteiger partial charge in [-0.25, -0.2) is 0 Å². The molecule has 2 N–H and O–H groups in total. The summed E-state index contributed by atoms with van der Waals surface area (Å²) in [6.45, 7) is 2.28. The van der Waals surface area contributed by atoms with Crippen molar-refractivity contribution in [3.05, 3.63) is 0 Å². The fourth-order valence-corrected chi connectivity index (χ4v) is 1.69. The molecule has 0 saturated heterocycles. The predicted molar refractivity (Wildman–Crippen MR) is 77.7 cm³/mol. The van der Waals surface area contributed by atoms with E-state index in [0.717, 1.165) is 0 Å². The van der Waals surface area contributed by atoms with Gasteiger partial charge in [0, 0.05) is 0 Å². The standard InChI is InChI=1S/C11H23.C3H4O4.Li/c1-3-5-7-9-11-10-8-6-4-2;4-2(5)1-3(6)7;/h1,3-11H2,2H3;1H2,(H,4,5)(H,6,7);. The second-order valence-electron chi connectivity index (χ2n) is 4.79. The number of rotatable bonds is 11. The monoisotopic (exact) mass is 266 g/mol. The molecule has 0 heterocycles. The van der Waals surface area contributed by atoms with Crippen molar-refractivity contribution in [2.75, 3.05) is 0 Å². The van der Waals surface area contributed by atoms with Gasteiger partial charge in [0.05, 0.1) is 0 Å². The maximum absolute atomic E-state index is 9.43. The Kier molecular flexibility index (Phi) is 19.2. The minimum atomic E-state index is -1.31. The van der Waals surface area contributed by atoms with Crippen molar-refractivity contribution < 1.29 is 19.8 Å². The average molecular weight is 266 g/mol. The molecule has 0 atom stereocenters. The van der Waals surface area contributed by atoms with Gasteiger partial charge in [-0.15, -0.1) is 0 Å². The van der Waals surface area contributed by atoms with Crippen LogP contribution in [0, 0.1) is 0 Å². The van der Waals surface area contributed by atoms with Crippen molar-refractivity contribution in [3.8, 4) is 0 Å². The average Bonchev–Trinajstić information content (AvgIpc) is 2.32. The Hall–Kier alpha value is -0.463. The number of unbranched alkanes of at least 4 members (excludes halogenated alkanes) is 8. The molecule has 0 aromatic rings. The molecule has 19 heavy (non-hydrogen) atoms. The number of carboxylic acids is 2. The first kappa shape index (κ1) is 20.8. The molecule has 0 radical (unpaired) electrons. The second kappa shape index (κ2) is 17.5. The Morgan fingerprint density at radius 1 is 0.789 bits per heavy atom. The first-order valence-electron chi connectivity index (χ1n) is 7.48. The molecule has 4 nitrogen and oxygen atoms in total. The van der Waals surface area contributed by atoms with Gasteiger partial charge >= 0.3 is 99.5 Å². The van der Waals surface area contributed by atoms with E-state index < -0.39 is 18.4 Å². The molecule has 0 aliphatic carbocycles. The summed E-state index contributed by atoms with van der Waals surface area (Å²) in [7, 11) is 0. The van der Waals surface area contributed by atoms with Crippen LogP contribution in [-0.4, -0.2) is 39.9 Å². The number of carboxylic acid groups (broad SMARTS) is 2. The van der Waals surface area contributed by atoms with E-state index in [1.54, 1.807) is 0 Å². The summed E-state index contributed by atoms with van der Waals surface area (Å²) in [5.41, 5.74) is 0. The third kappa shape index (κ3) is 26.9. The van der Waals surface area contributed by atoms with Crippen molar-refractivity contribution in [1.29, 1.82) is 0 Å². The fraction of sp³-hybridized carbons (Fsp3) is 0.857. The zero-order chi connectivity index (χ0) is 14.9. The van der Waals surface area contributed by atoms with Crippen LogP contribution >= 0.6 is 0 Å².